The van der Waals surface area contributed by atoms with E-state index < -0.39 is 6.10 Å². The summed E-state index contributed by atoms with van der Waals surface area (Å²) in [5.41, 5.74) is 0. The molecule has 1 aliphatic heterocycles. The van der Waals surface area contributed by atoms with Gasteiger partial charge in [-0.25, -0.2) is 0 Å². The van der Waals surface area contributed by atoms with Gasteiger partial charge < -0.3 is 23.9 Å². The van der Waals surface area contributed by atoms with Crippen molar-refractivity contribution in [1.29, 1.82) is 0 Å². The largest absolute Gasteiger partial charge is 0.485 e. The van der Waals surface area contributed by atoms with Crippen LogP contribution in [0.25, 0.3) is 0 Å². The summed E-state index contributed by atoms with van der Waals surface area (Å²) >= 11 is 1.19. The van der Waals surface area contributed by atoms with Gasteiger partial charge in [0, 0.05) is 13.7 Å². The third-order valence-electron chi connectivity index (χ3n) is 3.46. The van der Waals surface area contributed by atoms with Crippen LogP contribution < -0.4 is 14.8 Å². The first-order valence-electron chi connectivity index (χ1n) is 7.82. The number of ether oxygens (including phenoxy) is 3. The zero-order valence-electron chi connectivity index (χ0n) is 13.9. The lowest BCUT2D eigenvalue weighted by Crippen LogP contribution is -2.33. The fraction of sp³-hybridized carbons (Fsp3) is 0.438. The maximum Gasteiger partial charge on any atom is 0.277 e. The second-order valence-corrected chi connectivity index (χ2v) is 6.61. The summed E-state index contributed by atoms with van der Waals surface area (Å²) in [6.45, 7) is 2.99. The molecule has 2 atom stereocenters. The van der Waals surface area contributed by atoms with Gasteiger partial charge in [0.25, 0.3) is 11.1 Å². The number of nitrogens with one attached hydrogen (secondary N) is 1. The molecule has 0 spiro atoms. The molecule has 0 bridgehead atoms. The molecule has 0 radical (unpaired) electrons. The molecule has 1 aliphatic rings. The lowest BCUT2D eigenvalue weighted by atomic mass is 10.2. The van der Waals surface area contributed by atoms with Gasteiger partial charge in [0.05, 0.1) is 11.9 Å². The van der Waals surface area contributed by atoms with E-state index in [-0.39, 0.29) is 17.8 Å². The van der Waals surface area contributed by atoms with Crippen molar-refractivity contribution >= 4 is 17.7 Å². The number of aromatic nitrogens is 2. The summed E-state index contributed by atoms with van der Waals surface area (Å²) in [6.07, 6.45) is -0.470. The van der Waals surface area contributed by atoms with Crippen molar-refractivity contribution in [2.45, 2.75) is 23.5 Å². The third kappa shape index (κ3) is 4.43. The molecule has 0 unspecified atom stereocenters. The van der Waals surface area contributed by atoms with E-state index in [9.17, 15) is 4.79 Å². The van der Waals surface area contributed by atoms with Crippen LogP contribution in [0.3, 0.4) is 0 Å². The summed E-state index contributed by atoms with van der Waals surface area (Å²) in [5, 5.41) is 10.7. The molecule has 1 aromatic heterocycles. The van der Waals surface area contributed by atoms with Crippen molar-refractivity contribution in [3.8, 4) is 11.5 Å². The number of benzene rings is 1. The molecular weight excluding hydrogens is 346 g/mol. The number of fused-ring (bicyclic) bond motifs is 1. The number of carbonyl (C=O) groups excluding carboxylic acids is 1. The van der Waals surface area contributed by atoms with Gasteiger partial charge in [-0.15, -0.1) is 10.2 Å². The number of amides is 1. The monoisotopic (exact) mass is 365 g/mol. The highest BCUT2D eigenvalue weighted by Crippen LogP contribution is 2.36. The number of hydrogen-bond donors (Lipinski definition) is 1. The van der Waals surface area contributed by atoms with Crippen LogP contribution in [0.4, 0.5) is 0 Å². The van der Waals surface area contributed by atoms with Crippen LogP contribution in [-0.4, -0.2) is 48.2 Å². The summed E-state index contributed by atoms with van der Waals surface area (Å²) in [6, 6.07) is 7.40. The van der Waals surface area contributed by atoms with Crippen LogP contribution in [0.1, 0.15) is 18.9 Å². The molecular formula is C16H19N3O5S. The molecule has 0 saturated heterocycles. The average molecular weight is 365 g/mol. The molecule has 0 saturated carbocycles. The smallest absolute Gasteiger partial charge is 0.277 e. The highest BCUT2D eigenvalue weighted by molar-refractivity contribution is 8.00. The van der Waals surface area contributed by atoms with Gasteiger partial charge in [0.2, 0.25) is 12.0 Å². The van der Waals surface area contributed by atoms with Gasteiger partial charge in [-0.3, -0.25) is 4.79 Å². The summed E-state index contributed by atoms with van der Waals surface area (Å²) in [7, 11) is 1.58. The molecule has 1 N–H and O–H groups in total. The molecule has 134 valence electrons. The Kier molecular flexibility index (Phi) is 5.77. The summed E-state index contributed by atoms with van der Waals surface area (Å²) in [5.74, 6) is 1.53. The second-order valence-electron chi connectivity index (χ2n) is 5.31. The molecule has 25 heavy (non-hydrogen) atoms. The van der Waals surface area contributed by atoms with Crippen molar-refractivity contribution in [3.63, 3.8) is 0 Å². The van der Waals surface area contributed by atoms with Crippen molar-refractivity contribution < 1.29 is 23.4 Å². The van der Waals surface area contributed by atoms with E-state index in [2.05, 4.69) is 15.5 Å². The standard InChI is InChI=1S/C16H19N3O5S/c1-10(14(20)17-7-8-21-2)25-16-19-18-15(24-16)13-9-22-11-5-3-4-6-12(11)23-13/h3-6,10,13H,7-9H2,1-2H3,(H,17,20)/t10-,13+/m1/s1. The van der Waals surface area contributed by atoms with Gasteiger partial charge in [-0.2, -0.15) is 0 Å². The van der Waals surface area contributed by atoms with Gasteiger partial charge in [0.1, 0.15) is 6.61 Å². The Balaban J connectivity index is 1.57. The topological polar surface area (TPSA) is 95.7 Å². The Hall–Kier alpha value is -2.26. The number of para-hydroxylation sites is 2. The zero-order valence-corrected chi connectivity index (χ0v) is 14.7. The normalized spacial score (nSPS) is 17.1. The predicted molar refractivity (Wildman–Crippen MR) is 89.8 cm³/mol. The van der Waals surface area contributed by atoms with E-state index in [0.717, 1.165) is 0 Å². The molecule has 1 amide bonds. The van der Waals surface area contributed by atoms with Crippen LogP contribution in [0.15, 0.2) is 33.9 Å². The van der Waals surface area contributed by atoms with Crippen LogP contribution in [-0.2, 0) is 9.53 Å². The van der Waals surface area contributed by atoms with Crippen LogP contribution in [0.5, 0.6) is 11.5 Å². The Labute approximate surface area is 149 Å². The molecule has 2 heterocycles. The summed E-state index contributed by atoms with van der Waals surface area (Å²) < 4.78 is 22.0. The molecule has 1 aromatic carbocycles. The SMILES string of the molecule is COCCNC(=O)[C@@H](C)Sc1nnc([C@@H]2COc3ccccc3O2)o1. The molecule has 3 rings (SSSR count). The van der Waals surface area contributed by atoms with E-state index in [1.807, 2.05) is 24.3 Å². The predicted octanol–water partition coefficient (Wildman–Crippen LogP) is 1.83. The van der Waals surface area contributed by atoms with Crippen molar-refractivity contribution in [1.82, 2.24) is 15.5 Å². The van der Waals surface area contributed by atoms with Crippen LogP contribution in [0.2, 0.25) is 0 Å². The van der Waals surface area contributed by atoms with Gasteiger partial charge in [-0.05, 0) is 19.1 Å². The number of hydrogen-bond acceptors (Lipinski definition) is 8. The molecule has 2 aromatic rings. The molecule has 0 aliphatic carbocycles. The lowest BCUT2D eigenvalue weighted by Gasteiger charge is -2.23. The molecule has 9 heteroatoms. The first kappa shape index (κ1) is 17.6. The maximum atomic E-state index is 11.9. The third-order valence-corrected chi connectivity index (χ3v) is 4.39. The highest BCUT2D eigenvalue weighted by atomic mass is 32.2. The minimum atomic E-state index is -0.470. The van der Waals surface area contributed by atoms with E-state index in [1.54, 1.807) is 14.0 Å². The Bertz CT molecular complexity index is 723. The second kappa shape index (κ2) is 8.21. The zero-order chi connectivity index (χ0) is 17.6. The fourth-order valence-electron chi connectivity index (χ4n) is 2.16. The average Bonchev–Trinajstić information content (AvgIpc) is 3.10. The van der Waals surface area contributed by atoms with E-state index in [1.165, 1.54) is 11.8 Å². The maximum absolute atomic E-state index is 11.9. The van der Waals surface area contributed by atoms with Gasteiger partial charge in [0.15, 0.2) is 11.5 Å². The number of nitrogens with zero attached hydrogens (tertiary/aromatic N) is 2. The van der Waals surface area contributed by atoms with Crippen molar-refractivity contribution in [3.05, 3.63) is 30.2 Å². The lowest BCUT2D eigenvalue weighted by molar-refractivity contribution is -0.120. The Morgan fingerprint density at radius 3 is 3.00 bits per heavy atom. The van der Waals surface area contributed by atoms with E-state index in [4.69, 9.17) is 18.6 Å². The Morgan fingerprint density at radius 2 is 2.20 bits per heavy atom. The van der Waals surface area contributed by atoms with Gasteiger partial charge in [-0.1, -0.05) is 23.9 Å². The van der Waals surface area contributed by atoms with Crippen molar-refractivity contribution in [2.24, 2.45) is 0 Å². The number of thioether (sulfide) groups is 1. The van der Waals surface area contributed by atoms with Crippen molar-refractivity contribution in [2.75, 3.05) is 26.9 Å². The Morgan fingerprint density at radius 1 is 1.40 bits per heavy atom. The molecule has 8 nitrogen and oxygen atoms in total. The van der Waals surface area contributed by atoms with Crippen LogP contribution in [0, 0.1) is 0 Å². The van der Waals surface area contributed by atoms with Gasteiger partial charge >= 0.3 is 0 Å². The first-order valence-corrected chi connectivity index (χ1v) is 8.70. The summed E-state index contributed by atoms with van der Waals surface area (Å²) in [4.78, 5) is 11.9. The number of carbonyl (C=O) groups is 1. The first-order chi connectivity index (χ1) is 12.2. The van der Waals surface area contributed by atoms with Crippen LogP contribution >= 0.6 is 11.8 Å². The van der Waals surface area contributed by atoms with E-state index >= 15 is 0 Å². The quantitative estimate of drug-likeness (QED) is 0.586. The number of rotatable bonds is 7. The highest BCUT2D eigenvalue weighted by Gasteiger charge is 2.28. The molecule has 0 fully saturated rings. The number of methoxy groups -OCH3 is 1. The van der Waals surface area contributed by atoms with E-state index in [0.29, 0.717) is 35.8 Å². The fourth-order valence-corrected chi connectivity index (χ4v) is 2.88. The minimum Gasteiger partial charge on any atom is -0.485 e. The minimum absolute atomic E-state index is 0.118.